The minimum Gasteiger partial charge on any atom is -0.394 e. The molecule has 0 aromatic carbocycles. The molecule has 2 unspecified atom stereocenters. The highest BCUT2D eigenvalue weighted by Gasteiger charge is 2.44. The van der Waals surface area contributed by atoms with Crippen LogP contribution in [0.2, 0.25) is 0 Å². The summed E-state index contributed by atoms with van der Waals surface area (Å²) in [5.74, 6) is 0.696. The Balaban J connectivity index is 2.07. The number of hydrogen-bond acceptors (Lipinski definition) is 8. The van der Waals surface area contributed by atoms with Crippen molar-refractivity contribution in [2.75, 3.05) is 12.3 Å². The zero-order valence-electron chi connectivity index (χ0n) is 10.7. The first-order valence-electron chi connectivity index (χ1n) is 6.12. The molecule has 0 radical (unpaired) electrons. The van der Waals surface area contributed by atoms with E-state index in [2.05, 4.69) is 15.0 Å². The van der Waals surface area contributed by atoms with E-state index in [1.54, 1.807) is 6.92 Å². The largest absolute Gasteiger partial charge is 0.394 e. The van der Waals surface area contributed by atoms with Gasteiger partial charge in [0, 0.05) is 0 Å². The third kappa shape index (κ3) is 1.83. The van der Waals surface area contributed by atoms with Gasteiger partial charge in [0.1, 0.15) is 29.7 Å². The van der Waals surface area contributed by atoms with E-state index in [1.807, 2.05) is 0 Å². The minimum absolute atomic E-state index is 0.234. The molecule has 0 spiro atoms. The number of anilines is 1. The monoisotopic (exact) mass is 281 g/mol. The van der Waals surface area contributed by atoms with Crippen molar-refractivity contribution in [2.24, 2.45) is 0 Å². The molecule has 0 bridgehead atoms. The standard InChI is InChI=1S/C11H15N5O4/c1-4-14-9(12)6-10(15-4)16(3-13-6)11-8(19)7(18)5(2-17)20-11/h3,5,7-8,11,17-19H,2H2,1H3,(H2,12,14,15)/t5?,7-,8-,11?/m1/s1. The molecule has 1 aliphatic rings. The summed E-state index contributed by atoms with van der Waals surface area (Å²) in [6.07, 6.45) is -2.70. The van der Waals surface area contributed by atoms with Crippen LogP contribution in [0.3, 0.4) is 0 Å². The number of rotatable bonds is 2. The number of ether oxygens (including phenoxy) is 1. The molecule has 1 saturated heterocycles. The Kier molecular flexibility index (Phi) is 3.05. The molecule has 108 valence electrons. The van der Waals surface area contributed by atoms with E-state index < -0.39 is 31.1 Å². The van der Waals surface area contributed by atoms with Crippen molar-refractivity contribution in [1.29, 1.82) is 0 Å². The van der Waals surface area contributed by atoms with Gasteiger partial charge in [0.15, 0.2) is 17.7 Å². The van der Waals surface area contributed by atoms with E-state index in [-0.39, 0.29) is 5.82 Å². The van der Waals surface area contributed by atoms with Crippen molar-refractivity contribution >= 4 is 17.0 Å². The summed E-state index contributed by atoms with van der Waals surface area (Å²) < 4.78 is 6.92. The maximum atomic E-state index is 10.0. The third-order valence-corrected chi connectivity index (χ3v) is 3.35. The summed E-state index contributed by atoms with van der Waals surface area (Å²) in [6, 6.07) is 0. The van der Waals surface area contributed by atoms with E-state index >= 15 is 0 Å². The summed E-state index contributed by atoms with van der Waals surface area (Å²) >= 11 is 0. The van der Waals surface area contributed by atoms with E-state index in [0.29, 0.717) is 17.0 Å². The van der Waals surface area contributed by atoms with Gasteiger partial charge in [0.05, 0.1) is 12.9 Å². The zero-order chi connectivity index (χ0) is 14.4. The van der Waals surface area contributed by atoms with Crippen LogP contribution in [0.15, 0.2) is 6.33 Å². The van der Waals surface area contributed by atoms with Crippen molar-refractivity contribution in [3.05, 3.63) is 12.2 Å². The highest BCUT2D eigenvalue weighted by molar-refractivity contribution is 5.81. The molecule has 5 N–H and O–H groups in total. The van der Waals surface area contributed by atoms with Crippen LogP contribution in [-0.2, 0) is 4.74 Å². The number of aliphatic hydroxyl groups excluding tert-OH is 3. The summed E-state index contributed by atoms with van der Waals surface area (Å²) in [7, 11) is 0. The third-order valence-electron chi connectivity index (χ3n) is 3.35. The molecular weight excluding hydrogens is 266 g/mol. The van der Waals surface area contributed by atoms with Crippen LogP contribution in [-0.4, -0.2) is 59.8 Å². The first kappa shape index (κ1) is 13.2. The lowest BCUT2D eigenvalue weighted by atomic mass is 10.1. The molecule has 2 aromatic heterocycles. The highest BCUT2D eigenvalue weighted by atomic mass is 16.6. The van der Waals surface area contributed by atoms with Crippen LogP contribution in [0.4, 0.5) is 5.82 Å². The second-order valence-electron chi connectivity index (χ2n) is 4.71. The van der Waals surface area contributed by atoms with Gasteiger partial charge in [-0.1, -0.05) is 0 Å². The van der Waals surface area contributed by atoms with E-state index in [9.17, 15) is 10.2 Å². The molecule has 0 saturated carbocycles. The Hall–Kier alpha value is -1.81. The number of aromatic nitrogens is 4. The first-order valence-corrected chi connectivity index (χ1v) is 6.12. The molecule has 4 atom stereocenters. The Morgan fingerprint density at radius 3 is 2.75 bits per heavy atom. The number of imidazole rings is 1. The fourth-order valence-electron chi connectivity index (χ4n) is 2.35. The molecule has 0 amide bonds. The van der Waals surface area contributed by atoms with Gasteiger partial charge in [-0.05, 0) is 6.92 Å². The normalized spacial score (nSPS) is 30.2. The van der Waals surface area contributed by atoms with Gasteiger partial charge in [-0.15, -0.1) is 0 Å². The molecule has 2 aromatic rings. The highest BCUT2D eigenvalue weighted by Crippen LogP contribution is 2.31. The zero-order valence-corrected chi connectivity index (χ0v) is 10.7. The predicted octanol–water partition coefficient (Wildman–Crippen LogP) is -1.67. The van der Waals surface area contributed by atoms with E-state index in [0.717, 1.165) is 0 Å². The average molecular weight is 281 g/mol. The van der Waals surface area contributed by atoms with Gasteiger partial charge in [-0.3, -0.25) is 4.57 Å². The summed E-state index contributed by atoms with van der Waals surface area (Å²) in [4.78, 5) is 12.3. The first-order chi connectivity index (χ1) is 9.52. The van der Waals surface area contributed by atoms with Crippen LogP contribution in [0.5, 0.6) is 0 Å². The SMILES string of the molecule is Cc1nc(N)c2ncn(C3OC(CO)[C@@H](O)[C@H]3O)c2n1. The molecule has 9 heteroatoms. The van der Waals surface area contributed by atoms with Gasteiger partial charge in [-0.2, -0.15) is 0 Å². The van der Waals surface area contributed by atoms with E-state index in [1.165, 1.54) is 10.9 Å². The lowest BCUT2D eigenvalue weighted by Gasteiger charge is -2.16. The topological polar surface area (TPSA) is 140 Å². The molecule has 3 heterocycles. The molecular formula is C11H15N5O4. The van der Waals surface area contributed by atoms with Crippen LogP contribution < -0.4 is 5.73 Å². The number of hydrogen-bond donors (Lipinski definition) is 4. The maximum Gasteiger partial charge on any atom is 0.167 e. The Morgan fingerprint density at radius 1 is 1.35 bits per heavy atom. The fourth-order valence-corrected chi connectivity index (χ4v) is 2.35. The molecule has 0 aliphatic carbocycles. The van der Waals surface area contributed by atoms with Crippen molar-refractivity contribution < 1.29 is 20.1 Å². The quantitative estimate of drug-likeness (QED) is 0.512. The van der Waals surface area contributed by atoms with Crippen LogP contribution in [0.25, 0.3) is 11.2 Å². The van der Waals surface area contributed by atoms with Crippen molar-refractivity contribution in [2.45, 2.75) is 31.5 Å². The second kappa shape index (κ2) is 4.63. The minimum atomic E-state index is -1.19. The lowest BCUT2D eigenvalue weighted by molar-refractivity contribution is -0.0511. The molecule has 1 aliphatic heterocycles. The smallest absolute Gasteiger partial charge is 0.167 e. The summed E-state index contributed by atoms with van der Waals surface area (Å²) in [5, 5.41) is 28.9. The lowest BCUT2D eigenvalue weighted by Crippen LogP contribution is -2.33. The number of aryl methyl sites for hydroxylation is 1. The van der Waals surface area contributed by atoms with Gasteiger partial charge < -0.3 is 25.8 Å². The second-order valence-corrected chi connectivity index (χ2v) is 4.71. The Bertz CT molecular complexity index is 645. The molecule has 3 rings (SSSR count). The van der Waals surface area contributed by atoms with Gasteiger partial charge in [0.25, 0.3) is 0 Å². The number of aliphatic hydroxyl groups is 3. The maximum absolute atomic E-state index is 10.0. The van der Waals surface area contributed by atoms with E-state index in [4.69, 9.17) is 15.6 Å². The van der Waals surface area contributed by atoms with Crippen LogP contribution >= 0.6 is 0 Å². The fraction of sp³-hybridized carbons (Fsp3) is 0.545. The number of fused-ring (bicyclic) bond motifs is 1. The predicted molar refractivity (Wildman–Crippen MR) is 67.5 cm³/mol. The number of nitrogen functional groups attached to an aromatic ring is 1. The van der Waals surface area contributed by atoms with Crippen LogP contribution in [0, 0.1) is 6.92 Å². The Morgan fingerprint density at radius 2 is 2.10 bits per heavy atom. The molecule has 1 fully saturated rings. The van der Waals surface area contributed by atoms with Gasteiger partial charge in [-0.25, -0.2) is 15.0 Å². The van der Waals surface area contributed by atoms with Gasteiger partial charge >= 0.3 is 0 Å². The Labute approximate surface area is 113 Å². The van der Waals surface area contributed by atoms with Crippen molar-refractivity contribution in [3.8, 4) is 0 Å². The summed E-state index contributed by atoms with van der Waals surface area (Å²) in [6.45, 7) is 1.29. The number of nitrogens with zero attached hydrogens (tertiary/aromatic N) is 4. The average Bonchev–Trinajstić information content (AvgIpc) is 2.93. The van der Waals surface area contributed by atoms with Crippen molar-refractivity contribution in [3.63, 3.8) is 0 Å². The van der Waals surface area contributed by atoms with Crippen LogP contribution in [0.1, 0.15) is 12.1 Å². The molecule has 9 nitrogen and oxygen atoms in total. The molecule has 20 heavy (non-hydrogen) atoms. The van der Waals surface area contributed by atoms with Crippen molar-refractivity contribution in [1.82, 2.24) is 19.5 Å². The summed E-state index contributed by atoms with van der Waals surface area (Å²) in [5.41, 5.74) is 6.57. The number of nitrogens with two attached hydrogens (primary N) is 1. The van der Waals surface area contributed by atoms with Gasteiger partial charge in [0.2, 0.25) is 0 Å².